The maximum absolute atomic E-state index is 6.29. The third-order valence-electron chi connectivity index (χ3n) is 10.9. The van der Waals surface area contributed by atoms with Gasteiger partial charge in [-0.05, 0) is 71.8 Å². The molecule has 0 aliphatic heterocycles. The quantitative estimate of drug-likeness (QED) is 0.184. The van der Waals surface area contributed by atoms with Crippen molar-refractivity contribution in [2.24, 2.45) is 0 Å². The van der Waals surface area contributed by atoms with Gasteiger partial charge in [0.25, 0.3) is 0 Å². The standard InChI is InChI=1S/C48H28N2OS/c1-4-17-40-33(10-1)35-14-7-15-36-37-16-8-18-41(48(37)50(40)47(35)36)49(31-26-27-43-39(28-31)34-11-2-5-19-42(34)51-43)30-24-22-29(23-25-30)32-13-9-21-45-46(32)38-12-3-6-20-44(38)52-45/h1-28H. The molecular weight excluding hydrogens is 653 g/mol. The van der Waals surface area contributed by atoms with Crippen molar-refractivity contribution in [3.8, 4) is 11.1 Å². The van der Waals surface area contributed by atoms with Crippen molar-refractivity contribution in [3.63, 3.8) is 0 Å². The SMILES string of the molecule is c1ccc2c(c1)oc1ccc(N(c3ccc(-c4cccc5sc6ccccc6c45)cc3)c3cccc4c5cccc6c7ccccc7n(c34)c65)cc12. The first-order chi connectivity index (χ1) is 25.8. The van der Waals surface area contributed by atoms with E-state index in [1.807, 2.05) is 23.5 Å². The predicted molar refractivity (Wildman–Crippen MR) is 221 cm³/mol. The summed E-state index contributed by atoms with van der Waals surface area (Å²) >= 11 is 1.86. The highest BCUT2D eigenvalue weighted by Crippen LogP contribution is 2.47. The highest BCUT2D eigenvalue weighted by Gasteiger charge is 2.24. The van der Waals surface area contributed by atoms with Crippen LogP contribution in [-0.4, -0.2) is 4.40 Å². The number of para-hydroxylation sites is 4. The van der Waals surface area contributed by atoms with E-state index in [2.05, 4.69) is 167 Å². The van der Waals surface area contributed by atoms with E-state index in [0.717, 1.165) is 39.0 Å². The van der Waals surface area contributed by atoms with Crippen LogP contribution >= 0.6 is 11.3 Å². The molecule has 242 valence electrons. The fraction of sp³-hybridized carbons (Fsp3) is 0. The summed E-state index contributed by atoms with van der Waals surface area (Å²) in [5.41, 5.74) is 11.2. The van der Waals surface area contributed by atoms with E-state index >= 15 is 0 Å². The first-order valence-corrected chi connectivity index (χ1v) is 18.5. The number of hydrogen-bond acceptors (Lipinski definition) is 3. The maximum atomic E-state index is 6.29. The van der Waals surface area contributed by atoms with Crippen molar-refractivity contribution in [2.45, 2.75) is 0 Å². The van der Waals surface area contributed by atoms with Crippen molar-refractivity contribution >= 4 is 109 Å². The van der Waals surface area contributed by atoms with E-state index in [1.54, 1.807) is 0 Å². The Morgan fingerprint density at radius 3 is 1.96 bits per heavy atom. The van der Waals surface area contributed by atoms with Crippen LogP contribution in [0.2, 0.25) is 0 Å². The number of rotatable bonds is 4. The second-order valence-electron chi connectivity index (χ2n) is 13.7. The lowest BCUT2D eigenvalue weighted by Crippen LogP contribution is -2.11. The summed E-state index contributed by atoms with van der Waals surface area (Å²) in [6, 6.07) is 61.8. The molecule has 0 saturated heterocycles. The first kappa shape index (κ1) is 28.1. The Hall–Kier alpha value is -6.62. The van der Waals surface area contributed by atoms with Gasteiger partial charge in [0.1, 0.15) is 11.2 Å². The van der Waals surface area contributed by atoms with Crippen molar-refractivity contribution < 1.29 is 4.42 Å². The molecule has 0 amide bonds. The number of benzene rings is 8. The molecule has 0 unspecified atom stereocenters. The summed E-state index contributed by atoms with van der Waals surface area (Å²) in [5.74, 6) is 0. The number of thiophene rings is 1. The average molecular weight is 681 g/mol. The van der Waals surface area contributed by atoms with Gasteiger partial charge in [-0.15, -0.1) is 11.3 Å². The third kappa shape index (κ3) is 3.79. The molecule has 0 atom stereocenters. The Labute approximate surface area is 302 Å². The van der Waals surface area contributed by atoms with Gasteiger partial charge in [-0.25, -0.2) is 0 Å². The Bertz CT molecular complexity index is 3360. The summed E-state index contributed by atoms with van der Waals surface area (Å²) in [4.78, 5) is 2.43. The minimum Gasteiger partial charge on any atom is -0.456 e. The molecule has 0 saturated carbocycles. The van der Waals surface area contributed by atoms with Crippen LogP contribution in [0.15, 0.2) is 174 Å². The normalized spacial score (nSPS) is 12.2. The summed E-state index contributed by atoms with van der Waals surface area (Å²) in [7, 11) is 0. The van der Waals surface area contributed by atoms with Gasteiger partial charge in [0.2, 0.25) is 0 Å². The molecule has 0 fully saturated rings. The number of hydrogen-bond donors (Lipinski definition) is 0. The maximum Gasteiger partial charge on any atom is 0.135 e. The number of nitrogens with zero attached hydrogens (tertiary/aromatic N) is 2. The number of furan rings is 1. The van der Waals surface area contributed by atoms with Crippen LogP contribution in [0.1, 0.15) is 0 Å². The summed E-state index contributed by atoms with van der Waals surface area (Å²) < 4.78 is 11.4. The summed E-state index contributed by atoms with van der Waals surface area (Å²) in [6.07, 6.45) is 0. The average Bonchev–Trinajstić information content (AvgIpc) is 3.95. The molecule has 4 heterocycles. The molecule has 4 heteroatoms. The van der Waals surface area contributed by atoms with E-state index in [-0.39, 0.29) is 0 Å². The van der Waals surface area contributed by atoms with Crippen molar-refractivity contribution in [1.82, 2.24) is 4.40 Å². The van der Waals surface area contributed by atoms with Crippen LogP contribution in [0, 0.1) is 0 Å². The van der Waals surface area contributed by atoms with Crippen LogP contribution < -0.4 is 4.90 Å². The molecule has 4 aromatic heterocycles. The largest absolute Gasteiger partial charge is 0.456 e. The molecule has 52 heavy (non-hydrogen) atoms. The lowest BCUT2D eigenvalue weighted by atomic mass is 9.99. The van der Waals surface area contributed by atoms with Gasteiger partial charge in [0.05, 0.1) is 22.2 Å². The molecule has 3 nitrogen and oxygen atoms in total. The van der Waals surface area contributed by atoms with Crippen LogP contribution in [0.25, 0.3) is 91.3 Å². The van der Waals surface area contributed by atoms with Gasteiger partial charge in [-0.2, -0.15) is 0 Å². The Morgan fingerprint density at radius 2 is 1.08 bits per heavy atom. The molecular formula is C48H28N2OS. The van der Waals surface area contributed by atoms with Gasteiger partial charge in [-0.1, -0.05) is 109 Å². The van der Waals surface area contributed by atoms with Crippen LogP contribution in [0.3, 0.4) is 0 Å². The topological polar surface area (TPSA) is 20.8 Å². The van der Waals surface area contributed by atoms with Crippen molar-refractivity contribution in [1.29, 1.82) is 0 Å². The van der Waals surface area contributed by atoms with Gasteiger partial charge >= 0.3 is 0 Å². The third-order valence-corrected chi connectivity index (χ3v) is 12.1. The van der Waals surface area contributed by atoms with Crippen LogP contribution in [-0.2, 0) is 0 Å². The smallest absolute Gasteiger partial charge is 0.135 e. The van der Waals surface area contributed by atoms with Gasteiger partial charge in [0.15, 0.2) is 0 Å². The number of fused-ring (bicyclic) bond motifs is 12. The first-order valence-electron chi connectivity index (χ1n) is 17.7. The summed E-state index contributed by atoms with van der Waals surface area (Å²) in [5, 5.41) is 9.94. The van der Waals surface area contributed by atoms with E-state index < -0.39 is 0 Å². The predicted octanol–water partition coefficient (Wildman–Crippen LogP) is 14.2. The lowest BCUT2D eigenvalue weighted by molar-refractivity contribution is 0.669. The fourth-order valence-electron chi connectivity index (χ4n) is 8.72. The number of anilines is 3. The molecule has 8 aromatic carbocycles. The van der Waals surface area contributed by atoms with Gasteiger partial charge in [0, 0.05) is 63.9 Å². The van der Waals surface area contributed by atoms with E-state index in [1.165, 1.54) is 69.4 Å². The lowest BCUT2D eigenvalue weighted by Gasteiger charge is -2.27. The molecule has 12 aromatic rings. The highest BCUT2D eigenvalue weighted by molar-refractivity contribution is 7.25. The Kier molecular flexibility index (Phi) is 5.65. The molecule has 0 bridgehead atoms. The van der Waals surface area contributed by atoms with Crippen LogP contribution in [0.5, 0.6) is 0 Å². The highest BCUT2D eigenvalue weighted by atomic mass is 32.1. The fourth-order valence-corrected chi connectivity index (χ4v) is 9.85. The second-order valence-corrected chi connectivity index (χ2v) is 14.7. The monoisotopic (exact) mass is 680 g/mol. The molecule has 0 aliphatic rings. The van der Waals surface area contributed by atoms with E-state index in [4.69, 9.17) is 4.42 Å². The van der Waals surface area contributed by atoms with Crippen molar-refractivity contribution in [2.75, 3.05) is 4.90 Å². The van der Waals surface area contributed by atoms with Gasteiger partial charge < -0.3 is 13.7 Å². The molecule has 0 aliphatic carbocycles. The summed E-state index contributed by atoms with van der Waals surface area (Å²) in [6.45, 7) is 0. The number of aromatic nitrogens is 1. The Balaban J connectivity index is 1.13. The molecule has 0 N–H and O–H groups in total. The van der Waals surface area contributed by atoms with Crippen LogP contribution in [0.4, 0.5) is 17.1 Å². The van der Waals surface area contributed by atoms with Crippen molar-refractivity contribution in [3.05, 3.63) is 170 Å². The minimum absolute atomic E-state index is 0.889. The Morgan fingerprint density at radius 1 is 0.442 bits per heavy atom. The minimum atomic E-state index is 0.889. The van der Waals surface area contributed by atoms with E-state index in [0.29, 0.717) is 0 Å². The molecule has 0 radical (unpaired) electrons. The zero-order valence-corrected chi connectivity index (χ0v) is 28.7. The zero-order valence-electron chi connectivity index (χ0n) is 27.9. The molecule has 12 rings (SSSR count). The molecule has 0 spiro atoms. The zero-order chi connectivity index (χ0) is 33.9. The van der Waals surface area contributed by atoms with E-state index in [9.17, 15) is 0 Å². The van der Waals surface area contributed by atoms with Gasteiger partial charge in [-0.3, -0.25) is 0 Å². The second kappa shape index (κ2) is 10.5.